The SMILES string of the molecule is NS(=O)(=O)CCCNC(=O)Nc1ccc(Br)cc1C(=O)O. The summed E-state index contributed by atoms with van der Waals surface area (Å²) in [6, 6.07) is 3.76. The Morgan fingerprint density at radius 1 is 1.33 bits per heavy atom. The summed E-state index contributed by atoms with van der Waals surface area (Å²) < 4.78 is 22.0. The number of sulfonamides is 1. The Bertz CT molecular complexity index is 647. The molecule has 0 bridgehead atoms. The quantitative estimate of drug-likeness (QED) is 0.544. The number of carbonyl (C=O) groups excluding carboxylic acids is 1. The third-order valence-electron chi connectivity index (χ3n) is 2.35. The highest BCUT2D eigenvalue weighted by Gasteiger charge is 2.13. The lowest BCUT2D eigenvalue weighted by Gasteiger charge is -2.10. The largest absolute Gasteiger partial charge is 0.478 e. The van der Waals surface area contributed by atoms with Crippen molar-refractivity contribution in [2.45, 2.75) is 6.42 Å². The molecule has 0 unspecified atom stereocenters. The Balaban J connectivity index is 2.57. The molecule has 0 spiro atoms. The molecule has 0 aliphatic rings. The Labute approximate surface area is 129 Å². The molecule has 0 aliphatic heterocycles. The molecule has 1 aromatic rings. The van der Waals surface area contributed by atoms with Crippen LogP contribution in [-0.4, -0.2) is 37.8 Å². The number of carboxylic acid groups (broad SMARTS) is 1. The number of primary sulfonamides is 1. The highest BCUT2D eigenvalue weighted by molar-refractivity contribution is 9.10. The van der Waals surface area contributed by atoms with Gasteiger partial charge in [0.15, 0.2) is 0 Å². The number of carboxylic acids is 1. The average Bonchev–Trinajstić information content (AvgIpc) is 2.35. The lowest BCUT2D eigenvalue weighted by Crippen LogP contribution is -2.31. The van der Waals surface area contributed by atoms with E-state index in [2.05, 4.69) is 26.6 Å². The highest BCUT2D eigenvalue weighted by atomic mass is 79.9. The van der Waals surface area contributed by atoms with Crippen LogP contribution in [0.25, 0.3) is 0 Å². The van der Waals surface area contributed by atoms with Crippen molar-refractivity contribution in [3.63, 3.8) is 0 Å². The van der Waals surface area contributed by atoms with Crippen molar-refractivity contribution in [2.24, 2.45) is 5.14 Å². The molecule has 2 amide bonds. The molecule has 1 rings (SSSR count). The van der Waals surface area contributed by atoms with Gasteiger partial charge in [-0.05, 0) is 24.6 Å². The summed E-state index contributed by atoms with van der Waals surface area (Å²) in [7, 11) is -3.56. The molecule has 0 atom stereocenters. The standard InChI is InChI=1S/C11H14BrN3O5S/c12-7-2-3-9(8(6-7)10(16)17)15-11(18)14-4-1-5-21(13,19)20/h2-3,6H,1,4-5H2,(H,16,17)(H2,13,19,20)(H2,14,15,18). The number of hydrogen-bond acceptors (Lipinski definition) is 4. The minimum atomic E-state index is -3.56. The van der Waals surface area contributed by atoms with Gasteiger partial charge in [-0.15, -0.1) is 0 Å². The van der Waals surface area contributed by atoms with E-state index in [9.17, 15) is 18.0 Å². The maximum Gasteiger partial charge on any atom is 0.337 e. The van der Waals surface area contributed by atoms with Crippen LogP contribution >= 0.6 is 15.9 Å². The van der Waals surface area contributed by atoms with Gasteiger partial charge in [-0.3, -0.25) is 0 Å². The Hall–Kier alpha value is -1.65. The molecule has 0 saturated carbocycles. The number of amides is 2. The molecule has 21 heavy (non-hydrogen) atoms. The minimum Gasteiger partial charge on any atom is -0.478 e. The van der Waals surface area contributed by atoms with Crippen LogP contribution < -0.4 is 15.8 Å². The van der Waals surface area contributed by atoms with Crippen molar-refractivity contribution in [3.8, 4) is 0 Å². The molecule has 0 saturated heterocycles. The van der Waals surface area contributed by atoms with Crippen molar-refractivity contribution >= 4 is 43.6 Å². The lowest BCUT2D eigenvalue weighted by molar-refractivity contribution is 0.0698. The van der Waals surface area contributed by atoms with Crippen LogP contribution in [0, 0.1) is 0 Å². The molecule has 5 N–H and O–H groups in total. The summed E-state index contributed by atoms with van der Waals surface area (Å²) in [6.07, 6.45) is 0.165. The van der Waals surface area contributed by atoms with Crippen LogP contribution in [0.5, 0.6) is 0 Å². The Morgan fingerprint density at radius 2 is 2.00 bits per heavy atom. The van der Waals surface area contributed by atoms with Crippen LogP contribution in [0.2, 0.25) is 0 Å². The molecule has 116 valence electrons. The molecular weight excluding hydrogens is 366 g/mol. The molecule has 1 aromatic carbocycles. The van der Waals surface area contributed by atoms with Crippen LogP contribution in [0.1, 0.15) is 16.8 Å². The second-order valence-corrected chi connectivity index (χ2v) is 6.75. The minimum absolute atomic E-state index is 0.0657. The molecule has 0 radical (unpaired) electrons. The van der Waals surface area contributed by atoms with E-state index < -0.39 is 22.0 Å². The molecule has 0 aromatic heterocycles. The van der Waals surface area contributed by atoms with Crippen molar-refractivity contribution < 1.29 is 23.1 Å². The summed E-state index contributed by atoms with van der Waals surface area (Å²) in [5, 5.41) is 18.6. The lowest BCUT2D eigenvalue weighted by atomic mass is 10.2. The topological polar surface area (TPSA) is 139 Å². The second-order valence-electron chi connectivity index (χ2n) is 4.10. The number of aromatic carboxylic acids is 1. The first-order valence-electron chi connectivity index (χ1n) is 5.77. The van der Waals surface area contributed by atoms with Gasteiger partial charge in [-0.1, -0.05) is 15.9 Å². The maximum atomic E-state index is 11.6. The van der Waals surface area contributed by atoms with Gasteiger partial charge in [0, 0.05) is 11.0 Å². The third kappa shape index (κ3) is 6.56. The van der Waals surface area contributed by atoms with E-state index in [1.807, 2.05) is 0 Å². The normalized spacial score (nSPS) is 11.0. The molecule has 0 heterocycles. The number of rotatable bonds is 6. The number of halogens is 1. The fourth-order valence-electron chi connectivity index (χ4n) is 1.44. The highest BCUT2D eigenvalue weighted by Crippen LogP contribution is 2.21. The van der Waals surface area contributed by atoms with Gasteiger partial charge in [-0.25, -0.2) is 23.1 Å². The zero-order valence-electron chi connectivity index (χ0n) is 10.8. The van der Waals surface area contributed by atoms with Crippen molar-refractivity contribution in [3.05, 3.63) is 28.2 Å². The predicted octanol–water partition coefficient (Wildman–Crippen LogP) is 0.947. The number of anilines is 1. The predicted molar refractivity (Wildman–Crippen MR) is 80.7 cm³/mol. The van der Waals surface area contributed by atoms with E-state index in [-0.39, 0.29) is 30.0 Å². The van der Waals surface area contributed by atoms with Gasteiger partial charge < -0.3 is 15.7 Å². The van der Waals surface area contributed by atoms with E-state index in [0.717, 1.165) is 0 Å². The summed E-state index contributed by atoms with van der Waals surface area (Å²) in [6.45, 7) is 0.0984. The smallest absolute Gasteiger partial charge is 0.337 e. The summed E-state index contributed by atoms with van der Waals surface area (Å²) in [4.78, 5) is 22.6. The summed E-state index contributed by atoms with van der Waals surface area (Å²) in [5.41, 5.74) is 0.0682. The second kappa shape index (κ2) is 7.38. The molecule has 0 fully saturated rings. The maximum absolute atomic E-state index is 11.6. The van der Waals surface area contributed by atoms with Gasteiger partial charge in [0.2, 0.25) is 10.0 Å². The van der Waals surface area contributed by atoms with Gasteiger partial charge in [0.05, 0.1) is 17.0 Å². The van der Waals surface area contributed by atoms with Crippen LogP contribution in [0.15, 0.2) is 22.7 Å². The third-order valence-corrected chi connectivity index (χ3v) is 3.70. The van der Waals surface area contributed by atoms with Gasteiger partial charge in [0.25, 0.3) is 0 Å². The fraction of sp³-hybridized carbons (Fsp3) is 0.273. The average molecular weight is 380 g/mol. The van der Waals surface area contributed by atoms with Crippen molar-refractivity contribution in [1.29, 1.82) is 0 Å². The van der Waals surface area contributed by atoms with E-state index in [4.69, 9.17) is 10.2 Å². The molecule has 0 aliphatic carbocycles. The van der Waals surface area contributed by atoms with Gasteiger partial charge in [0.1, 0.15) is 0 Å². The zero-order valence-corrected chi connectivity index (χ0v) is 13.2. The summed E-state index contributed by atoms with van der Waals surface area (Å²) in [5.74, 6) is -1.42. The monoisotopic (exact) mass is 379 g/mol. The number of nitrogens with two attached hydrogens (primary N) is 1. The van der Waals surface area contributed by atoms with Crippen LogP contribution in [0.4, 0.5) is 10.5 Å². The number of hydrogen-bond donors (Lipinski definition) is 4. The summed E-state index contributed by atoms with van der Waals surface area (Å²) >= 11 is 3.14. The van der Waals surface area contributed by atoms with E-state index in [1.54, 1.807) is 6.07 Å². The first kappa shape index (κ1) is 17.4. The van der Waals surface area contributed by atoms with E-state index in [0.29, 0.717) is 4.47 Å². The van der Waals surface area contributed by atoms with Gasteiger partial charge in [-0.2, -0.15) is 0 Å². The molecular formula is C11H14BrN3O5S. The van der Waals surface area contributed by atoms with Crippen LogP contribution in [0.3, 0.4) is 0 Å². The number of carbonyl (C=O) groups is 2. The number of urea groups is 1. The first-order valence-corrected chi connectivity index (χ1v) is 8.28. The Kier molecular flexibility index (Phi) is 6.12. The van der Waals surface area contributed by atoms with Crippen LogP contribution in [-0.2, 0) is 10.0 Å². The molecule has 8 nitrogen and oxygen atoms in total. The zero-order chi connectivity index (χ0) is 16.0. The van der Waals surface area contributed by atoms with Crippen molar-refractivity contribution in [2.75, 3.05) is 17.6 Å². The van der Waals surface area contributed by atoms with Gasteiger partial charge >= 0.3 is 12.0 Å². The number of benzene rings is 1. The molecule has 10 heteroatoms. The number of nitrogens with one attached hydrogen (secondary N) is 2. The fourth-order valence-corrected chi connectivity index (χ4v) is 2.35. The Morgan fingerprint density at radius 3 is 2.57 bits per heavy atom. The van der Waals surface area contributed by atoms with E-state index in [1.165, 1.54) is 12.1 Å². The van der Waals surface area contributed by atoms with Crippen molar-refractivity contribution in [1.82, 2.24) is 5.32 Å². The first-order chi connectivity index (χ1) is 9.69. The van der Waals surface area contributed by atoms with E-state index >= 15 is 0 Å².